The molecule has 1 aliphatic carbocycles. The van der Waals surface area contributed by atoms with Gasteiger partial charge in [-0.2, -0.15) is 13.2 Å². The molecule has 1 amide bonds. The number of unbranched alkanes of at least 4 members (excludes halogenated alkanes) is 1. The average Bonchev–Trinajstić information content (AvgIpc) is 3.22. The molecular formula is C27H34F3N3O5. The Bertz CT molecular complexity index is 1050. The van der Waals surface area contributed by atoms with E-state index >= 15 is 0 Å². The van der Waals surface area contributed by atoms with Gasteiger partial charge in [0.15, 0.2) is 0 Å². The Hall–Kier alpha value is -3.63. The zero-order valence-electron chi connectivity index (χ0n) is 21.1. The third-order valence-corrected chi connectivity index (χ3v) is 5.95. The third-order valence-electron chi connectivity index (χ3n) is 5.95. The van der Waals surface area contributed by atoms with E-state index in [-0.39, 0.29) is 18.2 Å². The lowest BCUT2D eigenvalue weighted by Crippen LogP contribution is -2.26. The van der Waals surface area contributed by atoms with Gasteiger partial charge in [0.05, 0.1) is 12.3 Å². The molecule has 0 fully saturated rings. The number of allylic oxidation sites excluding steroid dienone is 1. The summed E-state index contributed by atoms with van der Waals surface area (Å²) in [6, 6.07) is 7.84. The topological polar surface area (TPSA) is 128 Å². The fourth-order valence-corrected chi connectivity index (χ4v) is 4.03. The Morgan fingerprint density at radius 3 is 2.47 bits per heavy atom. The Morgan fingerprint density at radius 1 is 1.03 bits per heavy atom. The third kappa shape index (κ3) is 11.6. The largest absolute Gasteiger partial charge is 0.490 e. The molecule has 0 saturated carbocycles. The first-order chi connectivity index (χ1) is 18.1. The second-order valence-corrected chi connectivity index (χ2v) is 9.01. The number of hydrogen-bond donors (Lipinski definition) is 4. The van der Waals surface area contributed by atoms with Gasteiger partial charge in [-0.25, -0.2) is 4.79 Å². The van der Waals surface area contributed by atoms with Crippen LogP contribution in [0.25, 0.3) is 6.08 Å². The number of carboxylic acid groups (broad SMARTS) is 2. The highest BCUT2D eigenvalue weighted by atomic mass is 19.4. The molecule has 1 aromatic rings. The summed E-state index contributed by atoms with van der Waals surface area (Å²) in [4.78, 5) is 37.0. The quantitative estimate of drug-likeness (QED) is 0.339. The second-order valence-electron chi connectivity index (χ2n) is 9.01. The van der Waals surface area contributed by atoms with Crippen LogP contribution in [0.2, 0.25) is 0 Å². The molecule has 3 rings (SSSR count). The summed E-state index contributed by atoms with van der Waals surface area (Å²) in [5.41, 5.74) is 2.97. The van der Waals surface area contributed by atoms with Gasteiger partial charge in [0.1, 0.15) is 0 Å². The molecule has 208 valence electrons. The van der Waals surface area contributed by atoms with Gasteiger partial charge in [-0.1, -0.05) is 48.9 Å². The summed E-state index contributed by atoms with van der Waals surface area (Å²) in [6.45, 7) is 2.19. The number of rotatable bonds is 9. The smallest absolute Gasteiger partial charge is 0.481 e. The summed E-state index contributed by atoms with van der Waals surface area (Å²) in [5, 5.41) is 22.8. The first kappa shape index (κ1) is 30.6. The molecule has 11 heteroatoms. The van der Waals surface area contributed by atoms with Gasteiger partial charge in [0, 0.05) is 38.4 Å². The van der Waals surface area contributed by atoms with Crippen LogP contribution in [0.15, 0.2) is 47.0 Å². The van der Waals surface area contributed by atoms with Gasteiger partial charge in [0.2, 0.25) is 5.91 Å². The molecule has 8 nitrogen and oxygen atoms in total. The highest BCUT2D eigenvalue weighted by molar-refractivity contribution is 5.82. The van der Waals surface area contributed by atoms with Gasteiger partial charge in [0.25, 0.3) is 0 Å². The fourth-order valence-electron chi connectivity index (χ4n) is 4.03. The van der Waals surface area contributed by atoms with Crippen molar-refractivity contribution < 1.29 is 37.8 Å². The van der Waals surface area contributed by atoms with Crippen molar-refractivity contribution in [1.29, 1.82) is 0 Å². The molecule has 1 aromatic carbocycles. The monoisotopic (exact) mass is 537 g/mol. The molecule has 1 atom stereocenters. The highest BCUT2D eigenvalue weighted by Crippen LogP contribution is 2.30. The van der Waals surface area contributed by atoms with E-state index in [9.17, 15) is 27.9 Å². The number of benzene rings is 1. The number of nitrogens with one attached hydrogen (secondary N) is 2. The van der Waals surface area contributed by atoms with E-state index in [0.29, 0.717) is 13.0 Å². The van der Waals surface area contributed by atoms with Crippen LogP contribution in [0.5, 0.6) is 0 Å². The van der Waals surface area contributed by atoms with Gasteiger partial charge in [-0.3, -0.25) is 14.6 Å². The number of nitrogens with zero attached hydrogens (tertiary/aromatic N) is 1. The molecular weight excluding hydrogens is 503 g/mol. The van der Waals surface area contributed by atoms with Gasteiger partial charge in [-0.05, 0) is 42.4 Å². The van der Waals surface area contributed by atoms with Gasteiger partial charge >= 0.3 is 18.1 Å². The summed E-state index contributed by atoms with van der Waals surface area (Å²) >= 11 is 0. The number of carbonyl (C=O) groups excluding carboxylic acids is 1. The van der Waals surface area contributed by atoms with Crippen LogP contribution < -0.4 is 10.6 Å². The van der Waals surface area contributed by atoms with E-state index in [0.717, 1.165) is 54.9 Å². The number of hydrogen-bond acceptors (Lipinski definition) is 5. The van der Waals surface area contributed by atoms with Crippen molar-refractivity contribution in [2.45, 2.75) is 63.5 Å². The lowest BCUT2D eigenvalue weighted by Gasteiger charge is -2.14. The number of aliphatic carboxylic acids is 2. The number of alkyl halides is 3. The molecule has 1 aliphatic heterocycles. The average molecular weight is 538 g/mol. The second kappa shape index (κ2) is 15.6. The highest BCUT2D eigenvalue weighted by Gasteiger charge is 2.38. The van der Waals surface area contributed by atoms with Crippen LogP contribution in [0.1, 0.15) is 68.4 Å². The normalized spacial score (nSPS) is 16.9. The van der Waals surface area contributed by atoms with E-state index in [1.165, 1.54) is 19.3 Å². The zero-order chi connectivity index (χ0) is 28.0. The van der Waals surface area contributed by atoms with Crippen LogP contribution in [-0.4, -0.2) is 59.7 Å². The van der Waals surface area contributed by atoms with E-state index < -0.39 is 18.1 Å². The van der Waals surface area contributed by atoms with Crippen molar-refractivity contribution in [3.05, 3.63) is 53.1 Å². The minimum atomic E-state index is -5.08. The summed E-state index contributed by atoms with van der Waals surface area (Å²) in [6.07, 6.45) is 7.82. The summed E-state index contributed by atoms with van der Waals surface area (Å²) in [5.74, 6) is -2.64. The predicted octanol–water partition coefficient (Wildman–Crippen LogP) is 4.68. The molecule has 0 radical (unpaired) electrons. The molecule has 1 heterocycles. The molecule has 2 aliphatic rings. The van der Waals surface area contributed by atoms with E-state index in [1.807, 2.05) is 42.5 Å². The summed E-state index contributed by atoms with van der Waals surface area (Å²) < 4.78 is 31.7. The van der Waals surface area contributed by atoms with Crippen molar-refractivity contribution in [1.82, 2.24) is 10.6 Å². The summed E-state index contributed by atoms with van der Waals surface area (Å²) in [7, 11) is 0. The molecule has 1 unspecified atom stereocenters. The first-order valence-corrected chi connectivity index (χ1v) is 12.6. The van der Waals surface area contributed by atoms with Crippen LogP contribution in [0.3, 0.4) is 0 Å². The van der Waals surface area contributed by atoms with E-state index in [1.54, 1.807) is 0 Å². The van der Waals surface area contributed by atoms with Crippen molar-refractivity contribution in [2.75, 3.05) is 19.6 Å². The Kier molecular flexibility index (Phi) is 12.5. The number of carbonyl (C=O) groups is 3. The SMILES string of the molecule is O=C(O)C(F)(F)F.O=C(O)CC1C=C(CNC(=O)CCCCNC2=NCCCCC2)C=Cc2ccccc21. The van der Waals surface area contributed by atoms with Crippen LogP contribution in [0, 0.1) is 0 Å². The lowest BCUT2D eigenvalue weighted by molar-refractivity contribution is -0.192. The molecule has 38 heavy (non-hydrogen) atoms. The standard InChI is InChI=1S/C25H33N3O3.C2HF3O2/c29-24(11-5-7-15-27-23-10-2-1-6-14-26-23)28-18-19-12-13-20-8-3-4-9-22(20)21(16-19)17-25(30)31;3-2(4,5)1(6)7/h3-4,8-9,12-13,16,21H,1-2,5-7,10-11,14-15,17-18H2,(H,26,27)(H,28,29)(H,30,31);(H,6,7). The zero-order valence-corrected chi connectivity index (χ0v) is 21.1. The molecule has 0 saturated heterocycles. The fraction of sp³-hybridized carbons (Fsp3) is 0.481. The van der Waals surface area contributed by atoms with Crippen LogP contribution >= 0.6 is 0 Å². The van der Waals surface area contributed by atoms with Crippen molar-refractivity contribution in [2.24, 2.45) is 4.99 Å². The van der Waals surface area contributed by atoms with Gasteiger partial charge in [-0.15, -0.1) is 0 Å². The van der Waals surface area contributed by atoms with Crippen LogP contribution in [-0.2, 0) is 14.4 Å². The van der Waals surface area contributed by atoms with E-state index in [4.69, 9.17) is 9.90 Å². The Morgan fingerprint density at radius 2 is 1.76 bits per heavy atom. The van der Waals surface area contributed by atoms with Crippen molar-refractivity contribution in [3.8, 4) is 0 Å². The number of aliphatic imine (C=N–C) groups is 1. The molecule has 0 bridgehead atoms. The Balaban J connectivity index is 0.000000638. The minimum Gasteiger partial charge on any atom is -0.481 e. The molecule has 0 spiro atoms. The maximum Gasteiger partial charge on any atom is 0.490 e. The number of amidine groups is 1. The van der Waals surface area contributed by atoms with Crippen molar-refractivity contribution in [3.63, 3.8) is 0 Å². The molecule has 0 aromatic heterocycles. The predicted molar refractivity (Wildman–Crippen MR) is 138 cm³/mol. The first-order valence-electron chi connectivity index (χ1n) is 12.6. The maximum atomic E-state index is 12.3. The minimum absolute atomic E-state index is 0.0256. The number of carboxylic acids is 2. The lowest BCUT2D eigenvalue weighted by atomic mass is 9.91. The van der Waals surface area contributed by atoms with Crippen molar-refractivity contribution >= 4 is 29.8 Å². The van der Waals surface area contributed by atoms with Gasteiger partial charge < -0.3 is 20.8 Å². The maximum absolute atomic E-state index is 12.3. The Labute approximate surface area is 219 Å². The van der Waals surface area contributed by atoms with E-state index in [2.05, 4.69) is 15.6 Å². The number of halogens is 3. The number of amides is 1. The van der Waals surface area contributed by atoms with Crippen LogP contribution in [0.4, 0.5) is 13.2 Å². The molecule has 4 N–H and O–H groups in total. The number of fused-ring (bicyclic) bond motifs is 1.